The van der Waals surface area contributed by atoms with Gasteiger partial charge in [-0.05, 0) is 18.1 Å². The fourth-order valence-electron chi connectivity index (χ4n) is 1.76. The van der Waals surface area contributed by atoms with Gasteiger partial charge in [0, 0.05) is 6.54 Å². The highest BCUT2D eigenvalue weighted by Gasteiger charge is 2.21. The van der Waals surface area contributed by atoms with E-state index in [2.05, 4.69) is 10.6 Å². The van der Waals surface area contributed by atoms with Crippen LogP contribution in [-0.2, 0) is 9.53 Å². The van der Waals surface area contributed by atoms with Crippen LogP contribution in [-0.4, -0.2) is 45.3 Å². The minimum atomic E-state index is -0.790. The van der Waals surface area contributed by atoms with E-state index in [1.54, 1.807) is 18.2 Å². The van der Waals surface area contributed by atoms with Crippen molar-refractivity contribution in [3.05, 3.63) is 23.8 Å². The number of hydrogen-bond donors (Lipinski definition) is 2. The third-order valence-corrected chi connectivity index (χ3v) is 2.89. The Hall–Kier alpha value is -2.77. The second kappa shape index (κ2) is 9.39. The Morgan fingerprint density at radius 2 is 1.67 bits per heavy atom. The van der Waals surface area contributed by atoms with Crippen molar-refractivity contribution < 1.29 is 28.6 Å². The van der Waals surface area contributed by atoms with E-state index >= 15 is 0 Å². The minimum Gasteiger partial charge on any atom is -0.496 e. The van der Waals surface area contributed by atoms with Gasteiger partial charge in [0.25, 0.3) is 5.91 Å². The van der Waals surface area contributed by atoms with Crippen molar-refractivity contribution in [3.8, 4) is 11.5 Å². The number of imide groups is 1. The van der Waals surface area contributed by atoms with E-state index in [4.69, 9.17) is 14.2 Å². The molecule has 2 N–H and O–H groups in total. The van der Waals surface area contributed by atoms with Crippen LogP contribution in [0.15, 0.2) is 18.2 Å². The van der Waals surface area contributed by atoms with Gasteiger partial charge in [-0.15, -0.1) is 0 Å². The molecule has 0 bridgehead atoms. The standard InChI is InChI=1S/C16H22N2O6/c1-10(2)8-17-16(21)18-13(19)9-24-15(20)14-11(22-3)6-5-7-12(14)23-4/h5-7,10H,8-9H2,1-4H3,(H2,17,18,19,21). The lowest BCUT2D eigenvalue weighted by Crippen LogP contribution is -2.42. The molecule has 0 aliphatic carbocycles. The molecular formula is C16H22N2O6. The molecule has 1 rings (SSSR count). The first-order valence-corrected chi connectivity index (χ1v) is 7.34. The lowest BCUT2D eigenvalue weighted by Gasteiger charge is -2.12. The van der Waals surface area contributed by atoms with Gasteiger partial charge in [-0.25, -0.2) is 9.59 Å². The molecule has 1 aromatic carbocycles. The van der Waals surface area contributed by atoms with E-state index in [-0.39, 0.29) is 23.0 Å². The van der Waals surface area contributed by atoms with Gasteiger partial charge in [0.05, 0.1) is 14.2 Å². The van der Waals surface area contributed by atoms with Crippen molar-refractivity contribution in [2.45, 2.75) is 13.8 Å². The second-order valence-electron chi connectivity index (χ2n) is 5.27. The number of urea groups is 1. The quantitative estimate of drug-likeness (QED) is 0.727. The molecule has 0 spiro atoms. The molecule has 0 fully saturated rings. The summed E-state index contributed by atoms with van der Waals surface area (Å²) in [5.74, 6) is -0.758. The normalized spacial score (nSPS) is 10.0. The maximum Gasteiger partial charge on any atom is 0.346 e. The van der Waals surface area contributed by atoms with Gasteiger partial charge in [-0.1, -0.05) is 19.9 Å². The lowest BCUT2D eigenvalue weighted by molar-refractivity contribution is -0.123. The van der Waals surface area contributed by atoms with Crippen molar-refractivity contribution >= 4 is 17.9 Å². The van der Waals surface area contributed by atoms with Gasteiger partial charge >= 0.3 is 12.0 Å². The number of hydrogen-bond acceptors (Lipinski definition) is 6. The van der Waals surface area contributed by atoms with Gasteiger partial charge in [0.2, 0.25) is 0 Å². The van der Waals surface area contributed by atoms with Crippen LogP contribution < -0.4 is 20.1 Å². The van der Waals surface area contributed by atoms with Crippen LogP contribution in [0, 0.1) is 5.92 Å². The maximum atomic E-state index is 12.1. The van der Waals surface area contributed by atoms with Crippen molar-refractivity contribution in [3.63, 3.8) is 0 Å². The van der Waals surface area contributed by atoms with Crippen LogP contribution in [0.25, 0.3) is 0 Å². The van der Waals surface area contributed by atoms with Crippen LogP contribution in [0.5, 0.6) is 11.5 Å². The molecule has 3 amide bonds. The first kappa shape index (κ1) is 19.3. The number of methoxy groups -OCH3 is 2. The number of ether oxygens (including phenoxy) is 3. The number of nitrogens with one attached hydrogen (secondary N) is 2. The average molecular weight is 338 g/mol. The highest BCUT2D eigenvalue weighted by molar-refractivity contribution is 5.99. The Bertz CT molecular complexity index is 578. The number of carbonyl (C=O) groups is 3. The number of carbonyl (C=O) groups excluding carboxylic acids is 3. The number of benzene rings is 1. The van der Waals surface area contributed by atoms with Gasteiger partial charge in [0.15, 0.2) is 6.61 Å². The first-order valence-electron chi connectivity index (χ1n) is 7.34. The van der Waals surface area contributed by atoms with E-state index in [0.717, 1.165) is 0 Å². The van der Waals surface area contributed by atoms with E-state index in [1.807, 2.05) is 13.8 Å². The molecule has 8 heteroatoms. The molecule has 0 atom stereocenters. The predicted molar refractivity (Wildman–Crippen MR) is 86.2 cm³/mol. The Balaban J connectivity index is 2.60. The highest BCUT2D eigenvalue weighted by Crippen LogP contribution is 2.28. The van der Waals surface area contributed by atoms with Crippen LogP contribution in [0.1, 0.15) is 24.2 Å². The molecule has 0 radical (unpaired) electrons. The summed E-state index contributed by atoms with van der Waals surface area (Å²) >= 11 is 0. The molecule has 0 aliphatic rings. The fourth-order valence-corrected chi connectivity index (χ4v) is 1.76. The van der Waals surface area contributed by atoms with Crippen molar-refractivity contribution in [1.29, 1.82) is 0 Å². The Morgan fingerprint density at radius 3 is 2.17 bits per heavy atom. The van der Waals surface area contributed by atoms with E-state index in [1.165, 1.54) is 14.2 Å². The van der Waals surface area contributed by atoms with Crippen LogP contribution in [0.4, 0.5) is 4.79 Å². The molecule has 24 heavy (non-hydrogen) atoms. The topological polar surface area (TPSA) is 103 Å². The highest BCUT2D eigenvalue weighted by atomic mass is 16.5. The van der Waals surface area contributed by atoms with Gasteiger partial charge in [-0.3, -0.25) is 10.1 Å². The third kappa shape index (κ3) is 5.79. The Labute approximate surface area is 140 Å². The summed E-state index contributed by atoms with van der Waals surface area (Å²) in [6.07, 6.45) is 0. The predicted octanol–water partition coefficient (Wildman–Crippen LogP) is 1.34. The monoisotopic (exact) mass is 338 g/mol. The van der Waals surface area contributed by atoms with Gasteiger partial charge in [-0.2, -0.15) is 0 Å². The molecule has 0 unspecified atom stereocenters. The number of rotatable bonds is 7. The summed E-state index contributed by atoms with van der Waals surface area (Å²) in [6, 6.07) is 4.15. The second-order valence-corrected chi connectivity index (χ2v) is 5.27. The van der Waals surface area contributed by atoms with Crippen LogP contribution in [0.3, 0.4) is 0 Å². The average Bonchev–Trinajstić information content (AvgIpc) is 2.56. The Morgan fingerprint density at radius 1 is 1.08 bits per heavy atom. The molecule has 132 valence electrons. The summed E-state index contributed by atoms with van der Waals surface area (Å²) in [4.78, 5) is 35.2. The molecule has 8 nitrogen and oxygen atoms in total. The SMILES string of the molecule is COc1cccc(OC)c1C(=O)OCC(=O)NC(=O)NCC(C)C. The molecule has 0 heterocycles. The van der Waals surface area contributed by atoms with Crippen molar-refractivity contribution in [2.75, 3.05) is 27.4 Å². The lowest BCUT2D eigenvalue weighted by atomic mass is 10.2. The van der Waals surface area contributed by atoms with Crippen LogP contribution in [0.2, 0.25) is 0 Å². The largest absolute Gasteiger partial charge is 0.496 e. The zero-order valence-electron chi connectivity index (χ0n) is 14.2. The van der Waals surface area contributed by atoms with E-state index in [9.17, 15) is 14.4 Å². The molecule has 0 aromatic heterocycles. The number of esters is 1. The first-order chi connectivity index (χ1) is 11.4. The minimum absolute atomic E-state index is 0.0690. The van der Waals surface area contributed by atoms with E-state index < -0.39 is 24.5 Å². The van der Waals surface area contributed by atoms with Gasteiger partial charge in [0.1, 0.15) is 17.1 Å². The number of amides is 3. The molecule has 0 saturated heterocycles. The fraction of sp³-hybridized carbons (Fsp3) is 0.438. The smallest absolute Gasteiger partial charge is 0.346 e. The summed E-state index contributed by atoms with van der Waals surface area (Å²) in [5, 5.41) is 4.59. The van der Waals surface area contributed by atoms with Crippen molar-refractivity contribution in [2.24, 2.45) is 5.92 Å². The molecular weight excluding hydrogens is 316 g/mol. The molecule has 1 aromatic rings. The zero-order chi connectivity index (χ0) is 18.1. The zero-order valence-corrected chi connectivity index (χ0v) is 14.2. The third-order valence-electron chi connectivity index (χ3n) is 2.89. The summed E-state index contributed by atoms with van der Waals surface area (Å²) in [7, 11) is 2.80. The maximum absolute atomic E-state index is 12.1. The van der Waals surface area contributed by atoms with Crippen molar-refractivity contribution in [1.82, 2.24) is 10.6 Å². The van der Waals surface area contributed by atoms with Gasteiger partial charge < -0.3 is 19.5 Å². The molecule has 0 saturated carbocycles. The molecule has 0 aliphatic heterocycles. The van der Waals surface area contributed by atoms with E-state index in [0.29, 0.717) is 6.54 Å². The Kier molecular flexibility index (Phi) is 7.54. The van der Waals surface area contributed by atoms with Crippen LogP contribution >= 0.6 is 0 Å². The summed E-state index contributed by atoms with van der Waals surface area (Å²) < 4.78 is 15.1. The summed E-state index contributed by atoms with van der Waals surface area (Å²) in [5.41, 5.74) is 0.0690. The summed E-state index contributed by atoms with van der Waals surface area (Å²) in [6.45, 7) is 3.67.